The fourth-order valence-electron chi connectivity index (χ4n) is 3.38. The van der Waals surface area contributed by atoms with Crippen molar-refractivity contribution in [3.63, 3.8) is 0 Å². The molecule has 0 unspecified atom stereocenters. The van der Waals surface area contributed by atoms with E-state index in [2.05, 4.69) is 19.9 Å². The lowest BCUT2D eigenvalue weighted by Crippen LogP contribution is -2.15. The molecular formula is C21H14N6O4S. The lowest BCUT2D eigenvalue weighted by atomic mass is 10.2. The molecule has 0 atom stereocenters. The zero-order valence-electron chi connectivity index (χ0n) is 16.3. The van der Waals surface area contributed by atoms with Gasteiger partial charge >= 0.3 is 0 Å². The van der Waals surface area contributed by atoms with Crippen molar-refractivity contribution in [3.8, 4) is 11.4 Å². The second kappa shape index (κ2) is 7.39. The average Bonchev–Trinajstić information content (AvgIpc) is 3.26. The van der Waals surface area contributed by atoms with Crippen LogP contribution in [0.4, 0.5) is 11.5 Å². The van der Waals surface area contributed by atoms with Gasteiger partial charge in [0, 0.05) is 17.7 Å². The van der Waals surface area contributed by atoms with Gasteiger partial charge in [0.25, 0.3) is 15.7 Å². The van der Waals surface area contributed by atoms with Crippen LogP contribution in [0.25, 0.3) is 28.1 Å². The van der Waals surface area contributed by atoms with E-state index in [1.807, 2.05) is 42.5 Å². The third-order valence-electron chi connectivity index (χ3n) is 4.83. The summed E-state index contributed by atoms with van der Waals surface area (Å²) in [5.74, 6) is 0.486. The Hall–Kier alpha value is -4.38. The van der Waals surface area contributed by atoms with Gasteiger partial charge in [0.2, 0.25) is 5.65 Å². The molecule has 0 amide bonds. The minimum Gasteiger partial charge on any atom is -0.270 e. The van der Waals surface area contributed by atoms with Crippen molar-refractivity contribution in [1.82, 2.24) is 19.6 Å². The summed E-state index contributed by atoms with van der Waals surface area (Å²) in [6.45, 7) is 0. The highest BCUT2D eigenvalue weighted by Crippen LogP contribution is 2.28. The summed E-state index contributed by atoms with van der Waals surface area (Å²) in [4.78, 5) is 14.6. The number of nitrogens with one attached hydrogen (secondary N) is 1. The van der Waals surface area contributed by atoms with E-state index in [9.17, 15) is 18.5 Å². The Morgan fingerprint density at radius 3 is 2.44 bits per heavy atom. The number of anilines is 1. The summed E-state index contributed by atoms with van der Waals surface area (Å²) in [7, 11) is -4.18. The standard InChI is InChI=1S/C21H14N6O4S/c28-27(29)15-9-6-10-16(13-15)32(30,31)25-19-21-24-23-20(14-7-2-1-3-8-14)26(21)18-12-5-4-11-17(18)22-19/h1-13H,(H,22,25). The number of non-ortho nitro benzene ring substituents is 1. The molecule has 0 saturated carbocycles. The molecule has 0 aliphatic heterocycles. The zero-order chi connectivity index (χ0) is 22.3. The lowest BCUT2D eigenvalue weighted by Gasteiger charge is -2.11. The number of para-hydroxylation sites is 2. The maximum Gasteiger partial charge on any atom is 0.270 e. The van der Waals surface area contributed by atoms with Crippen molar-refractivity contribution in [2.75, 3.05) is 4.72 Å². The summed E-state index contributed by atoms with van der Waals surface area (Å²) in [5, 5.41) is 19.5. The van der Waals surface area contributed by atoms with E-state index in [-0.39, 0.29) is 22.0 Å². The number of hydrogen-bond acceptors (Lipinski definition) is 7. The molecule has 0 spiro atoms. The fraction of sp³-hybridized carbons (Fsp3) is 0. The van der Waals surface area contributed by atoms with Gasteiger partial charge in [-0.25, -0.2) is 13.4 Å². The van der Waals surface area contributed by atoms with Gasteiger partial charge in [0.15, 0.2) is 11.6 Å². The number of benzene rings is 3. The van der Waals surface area contributed by atoms with E-state index in [1.54, 1.807) is 16.5 Å². The second-order valence-electron chi connectivity index (χ2n) is 6.86. The molecule has 0 aliphatic rings. The van der Waals surface area contributed by atoms with Gasteiger partial charge in [-0.1, -0.05) is 48.5 Å². The third kappa shape index (κ3) is 3.30. The molecular weight excluding hydrogens is 432 g/mol. The molecule has 0 aliphatic carbocycles. The highest BCUT2D eigenvalue weighted by atomic mass is 32.2. The SMILES string of the molecule is O=[N+]([O-])c1cccc(S(=O)(=O)Nc2nc3ccccc3n3c(-c4ccccc4)nnc23)c1. The van der Waals surface area contributed by atoms with Gasteiger partial charge < -0.3 is 0 Å². The summed E-state index contributed by atoms with van der Waals surface area (Å²) in [5.41, 5.74) is 1.89. The average molecular weight is 446 g/mol. The monoisotopic (exact) mass is 446 g/mol. The molecule has 0 radical (unpaired) electrons. The first kappa shape index (κ1) is 19.6. The number of aromatic nitrogens is 4. The van der Waals surface area contributed by atoms with Gasteiger partial charge in [0.1, 0.15) is 0 Å². The van der Waals surface area contributed by atoms with Crippen LogP contribution >= 0.6 is 0 Å². The Bertz CT molecular complexity index is 1600. The van der Waals surface area contributed by atoms with Crippen LogP contribution < -0.4 is 4.72 Å². The largest absolute Gasteiger partial charge is 0.270 e. The van der Waals surface area contributed by atoms with Crippen molar-refractivity contribution in [3.05, 3.63) is 89.0 Å². The quantitative estimate of drug-likeness (QED) is 0.322. The van der Waals surface area contributed by atoms with E-state index in [4.69, 9.17) is 0 Å². The van der Waals surface area contributed by atoms with Crippen molar-refractivity contribution < 1.29 is 13.3 Å². The maximum atomic E-state index is 13.0. The molecule has 2 heterocycles. The predicted molar refractivity (Wildman–Crippen MR) is 118 cm³/mol. The number of rotatable bonds is 5. The van der Waals surface area contributed by atoms with E-state index >= 15 is 0 Å². The van der Waals surface area contributed by atoms with Crippen LogP contribution in [0.3, 0.4) is 0 Å². The van der Waals surface area contributed by atoms with Gasteiger partial charge in [-0.2, -0.15) is 0 Å². The first-order valence-electron chi connectivity index (χ1n) is 9.40. The van der Waals surface area contributed by atoms with Crippen LogP contribution in [-0.4, -0.2) is 32.9 Å². The van der Waals surface area contributed by atoms with Gasteiger partial charge in [0.05, 0.1) is 20.9 Å². The van der Waals surface area contributed by atoms with Crippen molar-refractivity contribution in [1.29, 1.82) is 0 Å². The molecule has 32 heavy (non-hydrogen) atoms. The van der Waals surface area contributed by atoms with Crippen molar-refractivity contribution in [2.45, 2.75) is 4.90 Å². The number of fused-ring (bicyclic) bond motifs is 3. The molecule has 1 N–H and O–H groups in total. The van der Waals surface area contributed by atoms with E-state index in [0.29, 0.717) is 16.9 Å². The number of nitrogens with zero attached hydrogens (tertiary/aromatic N) is 5. The predicted octanol–water partition coefficient (Wildman–Crippen LogP) is 3.65. The molecule has 5 aromatic rings. The van der Waals surface area contributed by atoms with Gasteiger partial charge in [-0.05, 0) is 18.2 Å². The summed E-state index contributed by atoms with van der Waals surface area (Å²) in [6, 6.07) is 21.3. The molecule has 10 nitrogen and oxygen atoms in total. The van der Waals surface area contributed by atoms with Crippen LogP contribution in [-0.2, 0) is 10.0 Å². The highest BCUT2D eigenvalue weighted by molar-refractivity contribution is 7.92. The molecule has 5 rings (SSSR count). The van der Waals surface area contributed by atoms with E-state index in [1.165, 1.54) is 18.2 Å². The lowest BCUT2D eigenvalue weighted by molar-refractivity contribution is -0.385. The molecule has 158 valence electrons. The summed E-state index contributed by atoms with van der Waals surface area (Å²) in [6.07, 6.45) is 0. The third-order valence-corrected chi connectivity index (χ3v) is 6.17. The van der Waals surface area contributed by atoms with Crippen LogP contribution in [0.1, 0.15) is 0 Å². The number of nitro groups is 1. The number of hydrogen-bond donors (Lipinski definition) is 1. The Kier molecular flexibility index (Phi) is 4.52. The molecule has 2 aromatic heterocycles. The molecule has 0 saturated heterocycles. The molecule has 0 bridgehead atoms. The van der Waals surface area contributed by atoms with Crippen molar-refractivity contribution in [2.24, 2.45) is 0 Å². The van der Waals surface area contributed by atoms with Crippen molar-refractivity contribution >= 4 is 38.2 Å². The number of sulfonamides is 1. The minimum atomic E-state index is -4.18. The van der Waals surface area contributed by atoms with E-state index < -0.39 is 14.9 Å². The Morgan fingerprint density at radius 1 is 0.906 bits per heavy atom. The maximum absolute atomic E-state index is 13.0. The van der Waals surface area contributed by atoms with Crippen LogP contribution in [0.2, 0.25) is 0 Å². The topological polar surface area (TPSA) is 132 Å². The molecule has 0 fully saturated rings. The first-order chi connectivity index (χ1) is 15.4. The number of nitro benzene ring substituents is 1. The zero-order valence-corrected chi connectivity index (χ0v) is 17.1. The molecule has 3 aromatic carbocycles. The Balaban J connectivity index is 1.70. The van der Waals surface area contributed by atoms with Crippen LogP contribution in [0, 0.1) is 10.1 Å². The highest BCUT2D eigenvalue weighted by Gasteiger charge is 2.23. The molecule has 11 heteroatoms. The van der Waals surface area contributed by atoms with Crippen LogP contribution in [0.5, 0.6) is 0 Å². The van der Waals surface area contributed by atoms with Gasteiger partial charge in [-0.15, -0.1) is 10.2 Å². The second-order valence-corrected chi connectivity index (χ2v) is 8.54. The summed E-state index contributed by atoms with van der Waals surface area (Å²) < 4.78 is 30.1. The smallest absolute Gasteiger partial charge is 0.270 e. The summed E-state index contributed by atoms with van der Waals surface area (Å²) >= 11 is 0. The van der Waals surface area contributed by atoms with Gasteiger partial charge in [-0.3, -0.25) is 19.2 Å². The minimum absolute atomic E-state index is 0.0371. The first-order valence-corrected chi connectivity index (χ1v) is 10.9. The van der Waals surface area contributed by atoms with E-state index in [0.717, 1.165) is 11.6 Å². The Morgan fingerprint density at radius 2 is 1.66 bits per heavy atom. The normalized spacial score (nSPS) is 11.6. The fourth-order valence-corrected chi connectivity index (χ4v) is 4.42. The van der Waals surface area contributed by atoms with Crippen LogP contribution in [0.15, 0.2) is 83.8 Å². The Labute approximate surface area is 181 Å².